The molecule has 2 rings (SSSR count). The van der Waals surface area contributed by atoms with E-state index in [0.29, 0.717) is 0 Å². The Morgan fingerprint density at radius 3 is 2.65 bits per heavy atom. The molecular weight excluding hydrogens is 288 g/mol. The number of hydrogen-bond donors (Lipinski definition) is 0. The molecule has 1 aromatic heterocycles. The van der Waals surface area contributed by atoms with E-state index in [1.807, 2.05) is 50.2 Å². The molecule has 4 heteroatoms. The van der Waals surface area contributed by atoms with Gasteiger partial charge in [-0.25, -0.2) is 0 Å². The fourth-order valence-electron chi connectivity index (χ4n) is 2.37. The zero-order valence-corrected chi connectivity index (χ0v) is 14.0. The third kappa shape index (κ3) is 3.97. The molecule has 1 heterocycles. The lowest BCUT2D eigenvalue weighted by Gasteiger charge is -2.24. The molecule has 0 radical (unpaired) electrons. The Hall–Kier alpha value is -2.62. The lowest BCUT2D eigenvalue weighted by Crippen LogP contribution is -2.28. The van der Waals surface area contributed by atoms with Crippen molar-refractivity contribution in [3.8, 4) is 5.75 Å². The number of allylic oxidation sites excluding steroid dienone is 1. The van der Waals surface area contributed by atoms with E-state index in [9.17, 15) is 4.79 Å². The number of carbonyl (C=O) groups excluding carboxylic acids is 1. The first-order valence-corrected chi connectivity index (χ1v) is 7.53. The minimum atomic E-state index is -0.0511. The first kappa shape index (κ1) is 16.7. The number of aromatic nitrogens is 1. The molecule has 0 aliphatic rings. The lowest BCUT2D eigenvalue weighted by atomic mass is 10.1. The van der Waals surface area contributed by atoms with Crippen LogP contribution in [-0.4, -0.2) is 29.9 Å². The summed E-state index contributed by atoms with van der Waals surface area (Å²) in [5.74, 6) is 0.710. The van der Waals surface area contributed by atoms with Gasteiger partial charge in [0.2, 0.25) is 5.91 Å². The standard InChI is InChI=1S/C19H22N2O2/c1-14(17-9-5-6-10-18(17)23-4)12-19(22)21(3)15(2)16-8-7-11-20-13-16/h5-13,15H,1-4H3/b14-12+/t15-/m0/s1. The van der Waals surface area contributed by atoms with Gasteiger partial charge in [0.15, 0.2) is 0 Å². The molecular formula is C19H22N2O2. The summed E-state index contributed by atoms with van der Waals surface area (Å²) in [6.45, 7) is 3.90. The van der Waals surface area contributed by atoms with E-state index >= 15 is 0 Å². The van der Waals surface area contributed by atoms with Gasteiger partial charge in [0.05, 0.1) is 13.2 Å². The Labute approximate surface area is 137 Å². The van der Waals surface area contributed by atoms with Gasteiger partial charge < -0.3 is 9.64 Å². The van der Waals surface area contributed by atoms with Crippen LogP contribution in [-0.2, 0) is 4.79 Å². The highest BCUT2D eigenvalue weighted by Gasteiger charge is 2.16. The number of para-hydroxylation sites is 1. The number of pyridine rings is 1. The normalized spacial score (nSPS) is 12.6. The first-order chi connectivity index (χ1) is 11.0. The molecule has 0 aliphatic carbocycles. The number of nitrogens with zero attached hydrogens (tertiary/aromatic N) is 2. The topological polar surface area (TPSA) is 42.4 Å². The number of benzene rings is 1. The summed E-state index contributed by atoms with van der Waals surface area (Å²) in [6, 6.07) is 11.5. The van der Waals surface area contributed by atoms with Gasteiger partial charge in [-0.3, -0.25) is 9.78 Å². The highest BCUT2D eigenvalue weighted by Crippen LogP contribution is 2.26. The summed E-state index contributed by atoms with van der Waals surface area (Å²) in [5.41, 5.74) is 2.80. The Morgan fingerprint density at radius 1 is 1.26 bits per heavy atom. The summed E-state index contributed by atoms with van der Waals surface area (Å²) < 4.78 is 5.35. The number of methoxy groups -OCH3 is 1. The predicted molar refractivity (Wildman–Crippen MR) is 92.1 cm³/mol. The van der Waals surface area contributed by atoms with Crippen LogP contribution in [0.2, 0.25) is 0 Å². The molecule has 120 valence electrons. The molecule has 1 amide bonds. The summed E-state index contributed by atoms with van der Waals surface area (Å²) >= 11 is 0. The zero-order chi connectivity index (χ0) is 16.8. The van der Waals surface area contributed by atoms with Gasteiger partial charge >= 0.3 is 0 Å². The van der Waals surface area contributed by atoms with Crippen LogP contribution in [0.5, 0.6) is 5.75 Å². The molecule has 23 heavy (non-hydrogen) atoms. The highest BCUT2D eigenvalue weighted by atomic mass is 16.5. The molecule has 0 N–H and O–H groups in total. The van der Waals surface area contributed by atoms with Crippen molar-refractivity contribution in [2.45, 2.75) is 19.9 Å². The molecule has 4 nitrogen and oxygen atoms in total. The summed E-state index contributed by atoms with van der Waals surface area (Å²) in [6.07, 6.45) is 5.15. The van der Waals surface area contributed by atoms with Crippen LogP contribution >= 0.6 is 0 Å². The number of amides is 1. The SMILES string of the molecule is COc1ccccc1/C(C)=C/C(=O)N(C)[C@@H](C)c1cccnc1. The van der Waals surface area contributed by atoms with Crippen LogP contribution in [0.15, 0.2) is 54.9 Å². The molecule has 2 aromatic rings. The number of rotatable bonds is 5. The van der Waals surface area contributed by atoms with E-state index in [1.165, 1.54) is 0 Å². The van der Waals surface area contributed by atoms with Gasteiger partial charge in [-0.05, 0) is 37.1 Å². The number of ether oxygens (including phenoxy) is 1. The third-order valence-electron chi connectivity index (χ3n) is 3.97. The molecule has 0 saturated carbocycles. The summed E-state index contributed by atoms with van der Waals surface area (Å²) in [7, 11) is 3.43. The average Bonchev–Trinajstić information content (AvgIpc) is 2.60. The van der Waals surface area contributed by atoms with E-state index in [-0.39, 0.29) is 11.9 Å². The molecule has 1 atom stereocenters. The summed E-state index contributed by atoms with van der Waals surface area (Å²) in [5, 5.41) is 0. The predicted octanol–water partition coefficient (Wildman–Crippen LogP) is 3.71. The fraction of sp³-hybridized carbons (Fsp3) is 0.263. The molecule has 0 bridgehead atoms. The van der Waals surface area contributed by atoms with E-state index in [0.717, 1.165) is 22.4 Å². The van der Waals surface area contributed by atoms with E-state index < -0.39 is 0 Å². The van der Waals surface area contributed by atoms with E-state index in [1.54, 1.807) is 37.5 Å². The Kier molecular flexibility index (Phi) is 5.52. The van der Waals surface area contributed by atoms with E-state index in [2.05, 4.69) is 4.98 Å². The number of carbonyl (C=O) groups is 1. The van der Waals surface area contributed by atoms with Crippen molar-refractivity contribution in [1.82, 2.24) is 9.88 Å². The van der Waals surface area contributed by atoms with Crippen molar-refractivity contribution >= 4 is 11.5 Å². The first-order valence-electron chi connectivity index (χ1n) is 7.53. The molecule has 1 aromatic carbocycles. The van der Waals surface area contributed by atoms with Crippen LogP contribution in [0, 0.1) is 0 Å². The Balaban J connectivity index is 2.19. The maximum atomic E-state index is 12.5. The van der Waals surface area contributed by atoms with Crippen LogP contribution in [0.1, 0.15) is 31.0 Å². The number of likely N-dealkylation sites (N-methyl/N-ethyl adjacent to an activating group) is 1. The molecule has 0 fully saturated rings. The smallest absolute Gasteiger partial charge is 0.247 e. The van der Waals surface area contributed by atoms with Gasteiger partial charge in [0.1, 0.15) is 5.75 Å². The molecule has 0 aliphatic heterocycles. The second-order valence-electron chi connectivity index (χ2n) is 5.44. The molecule has 0 spiro atoms. The van der Waals surface area contributed by atoms with Gasteiger partial charge in [0.25, 0.3) is 0 Å². The van der Waals surface area contributed by atoms with Crippen LogP contribution < -0.4 is 4.74 Å². The third-order valence-corrected chi connectivity index (χ3v) is 3.97. The Bertz CT molecular complexity index is 696. The van der Waals surface area contributed by atoms with Crippen molar-refractivity contribution < 1.29 is 9.53 Å². The zero-order valence-electron chi connectivity index (χ0n) is 14.0. The van der Waals surface area contributed by atoms with Crippen molar-refractivity contribution in [3.63, 3.8) is 0 Å². The largest absolute Gasteiger partial charge is 0.496 e. The molecule has 0 saturated heterocycles. The van der Waals surface area contributed by atoms with Crippen molar-refractivity contribution in [1.29, 1.82) is 0 Å². The van der Waals surface area contributed by atoms with Gasteiger partial charge in [-0.15, -0.1) is 0 Å². The second-order valence-corrected chi connectivity index (χ2v) is 5.44. The van der Waals surface area contributed by atoms with Crippen LogP contribution in [0.3, 0.4) is 0 Å². The van der Waals surface area contributed by atoms with Gasteiger partial charge in [0, 0.05) is 31.1 Å². The minimum Gasteiger partial charge on any atom is -0.496 e. The quantitative estimate of drug-likeness (QED) is 0.791. The number of hydrogen-bond acceptors (Lipinski definition) is 3. The van der Waals surface area contributed by atoms with Gasteiger partial charge in [-0.1, -0.05) is 24.3 Å². The average molecular weight is 310 g/mol. The lowest BCUT2D eigenvalue weighted by molar-refractivity contribution is -0.126. The van der Waals surface area contributed by atoms with Crippen molar-refractivity contribution in [3.05, 3.63) is 66.0 Å². The molecule has 0 unspecified atom stereocenters. The second kappa shape index (κ2) is 7.58. The maximum absolute atomic E-state index is 12.5. The van der Waals surface area contributed by atoms with Crippen molar-refractivity contribution in [2.24, 2.45) is 0 Å². The van der Waals surface area contributed by atoms with E-state index in [4.69, 9.17) is 4.74 Å². The Morgan fingerprint density at radius 2 is 2.00 bits per heavy atom. The highest BCUT2D eigenvalue weighted by molar-refractivity contribution is 5.95. The van der Waals surface area contributed by atoms with Crippen molar-refractivity contribution in [2.75, 3.05) is 14.2 Å². The monoisotopic (exact) mass is 310 g/mol. The summed E-state index contributed by atoms with van der Waals surface area (Å²) in [4.78, 5) is 18.3. The van der Waals surface area contributed by atoms with Crippen LogP contribution in [0.4, 0.5) is 0 Å². The fourth-order valence-corrected chi connectivity index (χ4v) is 2.37. The van der Waals surface area contributed by atoms with Crippen LogP contribution in [0.25, 0.3) is 5.57 Å². The minimum absolute atomic E-state index is 0.0436. The van der Waals surface area contributed by atoms with Gasteiger partial charge in [-0.2, -0.15) is 0 Å². The maximum Gasteiger partial charge on any atom is 0.247 e.